The Bertz CT molecular complexity index is 310. The molecule has 0 spiro atoms. The molecule has 0 aliphatic heterocycles. The molecule has 0 unspecified atom stereocenters. The maximum absolute atomic E-state index is 5.93. The maximum atomic E-state index is 5.93. The summed E-state index contributed by atoms with van der Waals surface area (Å²) in [4.78, 5) is 4.59. The van der Waals surface area contributed by atoms with Crippen molar-refractivity contribution in [1.82, 2.24) is 4.98 Å². The van der Waals surface area contributed by atoms with Gasteiger partial charge in [-0.2, -0.15) is 0 Å². The van der Waals surface area contributed by atoms with E-state index in [2.05, 4.69) is 24.0 Å². The second-order valence-corrected chi connectivity index (χ2v) is 4.60. The van der Waals surface area contributed by atoms with Gasteiger partial charge < -0.3 is 5.73 Å². The first-order valence-corrected chi connectivity index (χ1v) is 5.96. The van der Waals surface area contributed by atoms with Crippen molar-refractivity contribution >= 4 is 0 Å². The molecule has 1 aromatic rings. The number of pyridine rings is 1. The maximum Gasteiger partial charge on any atom is 0.0478 e. The van der Waals surface area contributed by atoms with E-state index in [4.69, 9.17) is 5.73 Å². The van der Waals surface area contributed by atoms with Gasteiger partial charge in [-0.3, -0.25) is 4.98 Å². The van der Waals surface area contributed by atoms with Crippen LogP contribution in [0.1, 0.15) is 43.9 Å². The smallest absolute Gasteiger partial charge is 0.0478 e. The second kappa shape index (κ2) is 4.31. The number of aromatic nitrogens is 1. The van der Waals surface area contributed by atoms with Crippen molar-refractivity contribution in [1.29, 1.82) is 0 Å². The van der Waals surface area contributed by atoms with Gasteiger partial charge in [-0.05, 0) is 30.9 Å². The summed E-state index contributed by atoms with van der Waals surface area (Å²) in [6.45, 7) is 2.90. The van der Waals surface area contributed by atoms with Gasteiger partial charge in [-0.15, -0.1) is 0 Å². The summed E-state index contributed by atoms with van der Waals surface area (Å²) in [6, 6.07) is 4.37. The van der Waals surface area contributed by atoms with E-state index in [0.717, 1.165) is 13.0 Å². The van der Waals surface area contributed by atoms with E-state index in [9.17, 15) is 0 Å². The van der Waals surface area contributed by atoms with Crippen LogP contribution in [-0.4, -0.2) is 11.5 Å². The zero-order valence-electron chi connectivity index (χ0n) is 9.50. The largest absolute Gasteiger partial charge is 0.330 e. The molecule has 0 atom stereocenters. The van der Waals surface area contributed by atoms with Crippen LogP contribution in [0.5, 0.6) is 0 Å². The third kappa shape index (κ3) is 1.91. The van der Waals surface area contributed by atoms with Gasteiger partial charge in [0.25, 0.3) is 0 Å². The topological polar surface area (TPSA) is 38.9 Å². The van der Waals surface area contributed by atoms with Crippen molar-refractivity contribution in [2.75, 3.05) is 6.54 Å². The Morgan fingerprint density at radius 2 is 2.07 bits per heavy atom. The van der Waals surface area contributed by atoms with E-state index >= 15 is 0 Å². The number of nitrogens with zero attached hydrogens (tertiary/aromatic N) is 1. The lowest BCUT2D eigenvalue weighted by molar-refractivity contribution is 0.439. The number of hydrogen-bond acceptors (Lipinski definition) is 2. The van der Waals surface area contributed by atoms with Crippen LogP contribution in [0.4, 0.5) is 0 Å². The third-order valence-electron chi connectivity index (χ3n) is 3.73. The van der Waals surface area contributed by atoms with Gasteiger partial charge in [-0.1, -0.05) is 25.8 Å². The minimum Gasteiger partial charge on any atom is -0.330 e. The van der Waals surface area contributed by atoms with Crippen LogP contribution < -0.4 is 5.73 Å². The first kappa shape index (κ1) is 10.6. The molecule has 0 saturated heterocycles. The van der Waals surface area contributed by atoms with Crippen LogP contribution in [0.25, 0.3) is 0 Å². The van der Waals surface area contributed by atoms with Crippen molar-refractivity contribution in [3.8, 4) is 0 Å². The van der Waals surface area contributed by atoms with Crippen LogP contribution >= 0.6 is 0 Å². The fourth-order valence-corrected chi connectivity index (χ4v) is 2.56. The first-order chi connectivity index (χ1) is 7.30. The quantitative estimate of drug-likeness (QED) is 0.821. The molecule has 2 heteroatoms. The van der Waals surface area contributed by atoms with E-state index in [0.29, 0.717) is 0 Å². The Morgan fingerprint density at radius 3 is 2.53 bits per heavy atom. The van der Waals surface area contributed by atoms with Gasteiger partial charge in [0.2, 0.25) is 0 Å². The fraction of sp³-hybridized carbons (Fsp3) is 0.615. The van der Waals surface area contributed by atoms with Crippen molar-refractivity contribution in [3.05, 3.63) is 29.6 Å². The Kier molecular flexibility index (Phi) is 3.06. The predicted octanol–water partition coefficient (Wildman–Crippen LogP) is 2.41. The third-order valence-corrected chi connectivity index (χ3v) is 3.73. The molecule has 15 heavy (non-hydrogen) atoms. The average Bonchev–Trinajstić information content (AvgIpc) is 2.79. The lowest BCUT2D eigenvalue weighted by Gasteiger charge is -2.26. The summed E-state index contributed by atoms with van der Waals surface area (Å²) >= 11 is 0. The van der Waals surface area contributed by atoms with Crippen molar-refractivity contribution < 1.29 is 0 Å². The molecule has 0 bridgehead atoms. The SMILES string of the molecule is CCc1ccc(C2(CN)CCCC2)nc1. The van der Waals surface area contributed by atoms with Gasteiger partial charge in [0.15, 0.2) is 0 Å². The van der Waals surface area contributed by atoms with Crippen LogP contribution in [0.2, 0.25) is 0 Å². The predicted molar refractivity (Wildman–Crippen MR) is 62.8 cm³/mol. The molecule has 82 valence electrons. The number of rotatable bonds is 3. The highest BCUT2D eigenvalue weighted by molar-refractivity contribution is 5.23. The molecule has 0 aromatic carbocycles. The number of aryl methyl sites for hydroxylation is 1. The highest BCUT2D eigenvalue weighted by Gasteiger charge is 2.35. The van der Waals surface area contributed by atoms with Crippen LogP contribution in [-0.2, 0) is 11.8 Å². The molecular weight excluding hydrogens is 184 g/mol. The van der Waals surface area contributed by atoms with Crippen LogP contribution in [0.3, 0.4) is 0 Å². The molecule has 1 fully saturated rings. The monoisotopic (exact) mass is 204 g/mol. The standard InChI is InChI=1S/C13H20N2/c1-2-11-5-6-12(15-9-11)13(10-14)7-3-4-8-13/h5-6,9H,2-4,7-8,10,14H2,1H3. The van der Waals surface area contributed by atoms with E-state index < -0.39 is 0 Å². The minimum atomic E-state index is 0.187. The molecule has 0 amide bonds. The highest BCUT2D eigenvalue weighted by Crippen LogP contribution is 2.39. The highest BCUT2D eigenvalue weighted by atomic mass is 14.7. The van der Waals surface area contributed by atoms with Crippen molar-refractivity contribution in [3.63, 3.8) is 0 Å². The summed E-state index contributed by atoms with van der Waals surface area (Å²) in [6.07, 6.45) is 8.08. The van der Waals surface area contributed by atoms with Gasteiger partial charge in [0.05, 0.1) is 0 Å². The van der Waals surface area contributed by atoms with Crippen LogP contribution in [0.15, 0.2) is 18.3 Å². The summed E-state index contributed by atoms with van der Waals surface area (Å²) < 4.78 is 0. The normalized spacial score (nSPS) is 19.3. The van der Waals surface area contributed by atoms with Gasteiger partial charge in [0, 0.05) is 23.9 Å². The summed E-state index contributed by atoms with van der Waals surface area (Å²) in [5.41, 5.74) is 8.64. The van der Waals surface area contributed by atoms with Gasteiger partial charge >= 0.3 is 0 Å². The molecule has 1 aliphatic carbocycles. The Labute approximate surface area is 91.9 Å². The van der Waals surface area contributed by atoms with Gasteiger partial charge in [-0.25, -0.2) is 0 Å². The number of hydrogen-bond donors (Lipinski definition) is 1. The summed E-state index contributed by atoms with van der Waals surface area (Å²) in [5, 5.41) is 0. The first-order valence-electron chi connectivity index (χ1n) is 5.96. The molecule has 2 N–H and O–H groups in total. The molecule has 2 rings (SSSR count). The van der Waals surface area contributed by atoms with Crippen molar-refractivity contribution in [2.45, 2.75) is 44.4 Å². The Balaban J connectivity index is 2.26. The Hall–Kier alpha value is -0.890. The van der Waals surface area contributed by atoms with E-state index in [1.807, 2.05) is 6.20 Å². The molecule has 0 radical (unpaired) electrons. The molecule has 1 aromatic heterocycles. The van der Waals surface area contributed by atoms with E-state index in [1.165, 1.54) is 36.9 Å². The van der Waals surface area contributed by atoms with Gasteiger partial charge in [0.1, 0.15) is 0 Å². The molecule has 1 aliphatic rings. The zero-order valence-corrected chi connectivity index (χ0v) is 9.50. The van der Waals surface area contributed by atoms with E-state index in [1.54, 1.807) is 0 Å². The molecule has 1 heterocycles. The minimum absolute atomic E-state index is 0.187. The lowest BCUT2D eigenvalue weighted by Crippen LogP contribution is -2.32. The zero-order chi connectivity index (χ0) is 10.7. The van der Waals surface area contributed by atoms with Crippen LogP contribution in [0, 0.1) is 0 Å². The summed E-state index contributed by atoms with van der Waals surface area (Å²) in [5.74, 6) is 0. The summed E-state index contributed by atoms with van der Waals surface area (Å²) in [7, 11) is 0. The lowest BCUT2D eigenvalue weighted by atomic mass is 9.82. The fourth-order valence-electron chi connectivity index (χ4n) is 2.56. The Morgan fingerprint density at radius 1 is 1.33 bits per heavy atom. The average molecular weight is 204 g/mol. The molecule has 2 nitrogen and oxygen atoms in total. The molecular formula is C13H20N2. The van der Waals surface area contributed by atoms with Crippen molar-refractivity contribution in [2.24, 2.45) is 5.73 Å². The van der Waals surface area contributed by atoms with E-state index in [-0.39, 0.29) is 5.41 Å². The number of nitrogens with two attached hydrogens (primary N) is 1. The second-order valence-electron chi connectivity index (χ2n) is 4.60. The molecule has 1 saturated carbocycles.